The van der Waals surface area contributed by atoms with E-state index in [0.29, 0.717) is 5.56 Å². The maximum absolute atomic E-state index is 13.3. The third-order valence-electron chi connectivity index (χ3n) is 5.56. The van der Waals surface area contributed by atoms with Crippen molar-refractivity contribution in [1.29, 1.82) is 0 Å². The first-order valence-corrected chi connectivity index (χ1v) is 12.6. The number of aliphatic carboxylic acids is 1. The van der Waals surface area contributed by atoms with Crippen molar-refractivity contribution in [2.45, 2.75) is 63.2 Å². The first-order valence-electron chi connectivity index (χ1n) is 12.6. The van der Waals surface area contributed by atoms with E-state index in [9.17, 15) is 29.4 Å². The molecule has 1 aromatic carbocycles. The van der Waals surface area contributed by atoms with Gasteiger partial charge in [-0.1, -0.05) is 12.1 Å². The third kappa shape index (κ3) is 13.3. The number of nitrogens with one attached hydrogen (secondary N) is 3. The largest absolute Gasteiger partial charge is 0.508 e. The van der Waals surface area contributed by atoms with Crippen LogP contribution >= 0.6 is 0 Å². The zero-order valence-corrected chi connectivity index (χ0v) is 22.4. The molecule has 0 bridgehead atoms. The van der Waals surface area contributed by atoms with Crippen LogP contribution in [0, 0.1) is 0 Å². The Bertz CT molecular complexity index is 1050. The Labute approximate surface area is 231 Å². The minimum atomic E-state index is -1.28. The fourth-order valence-electron chi connectivity index (χ4n) is 3.46. The zero-order chi connectivity index (χ0) is 30.2. The van der Waals surface area contributed by atoms with Crippen LogP contribution in [0.5, 0.6) is 5.75 Å². The van der Waals surface area contributed by atoms with Crippen molar-refractivity contribution in [3.05, 3.63) is 29.8 Å². The maximum Gasteiger partial charge on any atom is 0.326 e. The topological polar surface area (TPSA) is 300 Å². The first-order chi connectivity index (χ1) is 18.8. The molecule has 0 heterocycles. The lowest BCUT2D eigenvalue weighted by molar-refractivity contribution is -0.142. The van der Waals surface area contributed by atoms with Crippen molar-refractivity contribution in [3.8, 4) is 5.75 Å². The van der Waals surface area contributed by atoms with Crippen LogP contribution in [0.1, 0.15) is 38.2 Å². The highest BCUT2D eigenvalue weighted by atomic mass is 16.4. The molecular weight excluding hydrogens is 524 g/mol. The van der Waals surface area contributed by atoms with Gasteiger partial charge in [0.1, 0.15) is 23.9 Å². The van der Waals surface area contributed by atoms with Gasteiger partial charge in [-0.2, -0.15) is 0 Å². The summed E-state index contributed by atoms with van der Waals surface area (Å²) in [5.74, 6) is -3.61. The monoisotopic (exact) mass is 564 g/mol. The smallest absolute Gasteiger partial charge is 0.326 e. The molecule has 15 N–H and O–H groups in total. The molecule has 0 fully saturated rings. The molecule has 222 valence electrons. The predicted octanol–water partition coefficient (Wildman–Crippen LogP) is -3.07. The number of phenolic OH excluding ortho intramolecular Hbond substituents is 1. The number of carboxylic acid groups (broad SMARTS) is 1. The Morgan fingerprint density at radius 3 is 1.70 bits per heavy atom. The molecule has 3 amide bonds. The summed E-state index contributed by atoms with van der Waals surface area (Å²) in [4.78, 5) is 58.2. The molecule has 4 unspecified atom stereocenters. The fraction of sp³-hybridized carbons (Fsp3) is 0.500. The van der Waals surface area contributed by atoms with Gasteiger partial charge in [0.25, 0.3) is 0 Å². The standard InChI is InChI=1S/C24H40N10O6/c1-13(25)19(36)34-18(12-14-6-8-15(35)9-7-14)21(38)32-16(4-2-10-30-23(26)27)20(37)33-17(22(39)40)5-3-11-31-24(28)29/h6-9,13,16-18,35H,2-5,10-12,25H2,1H3,(H,32,38)(H,33,37)(H,34,36)(H,39,40)(H4,26,27,30)(H4,28,29,31). The molecule has 0 aliphatic rings. The second-order valence-electron chi connectivity index (χ2n) is 9.08. The van der Waals surface area contributed by atoms with Crippen molar-refractivity contribution in [2.24, 2.45) is 38.7 Å². The van der Waals surface area contributed by atoms with E-state index in [-0.39, 0.29) is 62.9 Å². The van der Waals surface area contributed by atoms with E-state index in [1.54, 1.807) is 12.1 Å². The first kappa shape index (κ1) is 33.4. The lowest BCUT2D eigenvalue weighted by Crippen LogP contribution is -2.57. The minimum absolute atomic E-state index is 0.0214. The van der Waals surface area contributed by atoms with E-state index in [0.717, 1.165) is 0 Å². The number of carboxylic acids is 1. The van der Waals surface area contributed by atoms with Crippen molar-refractivity contribution in [2.75, 3.05) is 13.1 Å². The van der Waals surface area contributed by atoms with Crippen molar-refractivity contribution in [1.82, 2.24) is 16.0 Å². The highest BCUT2D eigenvalue weighted by molar-refractivity contribution is 5.94. The Balaban J connectivity index is 3.10. The number of rotatable bonds is 17. The predicted molar refractivity (Wildman–Crippen MR) is 149 cm³/mol. The number of benzene rings is 1. The Morgan fingerprint density at radius 2 is 1.23 bits per heavy atom. The quantitative estimate of drug-likeness (QED) is 0.0514. The summed E-state index contributed by atoms with van der Waals surface area (Å²) in [6, 6.07) is 1.50. The number of aliphatic imine (C=N–C) groups is 2. The third-order valence-corrected chi connectivity index (χ3v) is 5.56. The number of amides is 3. The lowest BCUT2D eigenvalue weighted by Gasteiger charge is -2.25. The van der Waals surface area contributed by atoms with Crippen molar-refractivity contribution < 1.29 is 29.4 Å². The van der Waals surface area contributed by atoms with Gasteiger partial charge in [-0.3, -0.25) is 24.4 Å². The minimum Gasteiger partial charge on any atom is -0.508 e. The Hall–Kier alpha value is -4.60. The summed E-state index contributed by atoms with van der Waals surface area (Å²) in [5.41, 5.74) is 27.5. The number of carbonyl (C=O) groups is 4. The van der Waals surface area contributed by atoms with Crippen molar-refractivity contribution in [3.63, 3.8) is 0 Å². The summed E-state index contributed by atoms with van der Waals surface area (Å²) in [5, 5.41) is 26.7. The molecule has 0 saturated carbocycles. The molecule has 0 aliphatic carbocycles. The average molecular weight is 565 g/mol. The van der Waals surface area contributed by atoms with Crippen LogP contribution in [0.2, 0.25) is 0 Å². The van der Waals surface area contributed by atoms with E-state index < -0.39 is 47.9 Å². The second kappa shape index (κ2) is 17.1. The van der Waals surface area contributed by atoms with Crippen LogP contribution in [0.15, 0.2) is 34.3 Å². The number of nitrogens with two attached hydrogens (primary N) is 5. The molecule has 1 aromatic rings. The van der Waals surface area contributed by atoms with Gasteiger partial charge < -0.3 is 54.8 Å². The number of hydrogen-bond donors (Lipinski definition) is 10. The second-order valence-corrected chi connectivity index (χ2v) is 9.08. The van der Waals surface area contributed by atoms with E-state index in [1.807, 2.05) is 0 Å². The van der Waals surface area contributed by atoms with Crippen LogP contribution in [-0.4, -0.2) is 83.1 Å². The van der Waals surface area contributed by atoms with Crippen LogP contribution in [0.4, 0.5) is 0 Å². The summed E-state index contributed by atoms with van der Waals surface area (Å²) >= 11 is 0. The summed E-state index contributed by atoms with van der Waals surface area (Å²) in [6.45, 7) is 1.77. The SMILES string of the molecule is CC(N)C(=O)NC(Cc1ccc(O)cc1)C(=O)NC(CCCN=C(N)N)C(=O)NC(CCCN=C(N)N)C(=O)O. The molecule has 1 rings (SSSR count). The number of guanidine groups is 2. The lowest BCUT2D eigenvalue weighted by atomic mass is 10.0. The molecule has 0 aliphatic heterocycles. The fourth-order valence-corrected chi connectivity index (χ4v) is 3.46. The normalized spacial score (nSPS) is 13.6. The molecule has 16 nitrogen and oxygen atoms in total. The Morgan fingerprint density at radius 1 is 0.775 bits per heavy atom. The summed E-state index contributed by atoms with van der Waals surface area (Å²) < 4.78 is 0. The molecular formula is C24H40N10O6. The maximum atomic E-state index is 13.3. The molecule has 4 atom stereocenters. The highest BCUT2D eigenvalue weighted by Gasteiger charge is 2.30. The number of nitrogens with zero attached hydrogens (tertiary/aromatic N) is 2. The molecule has 0 saturated heterocycles. The van der Waals surface area contributed by atoms with E-state index in [1.165, 1.54) is 19.1 Å². The number of carbonyl (C=O) groups excluding carboxylic acids is 3. The van der Waals surface area contributed by atoms with Gasteiger partial charge in [0, 0.05) is 19.5 Å². The van der Waals surface area contributed by atoms with Gasteiger partial charge >= 0.3 is 5.97 Å². The molecule has 0 spiro atoms. The van der Waals surface area contributed by atoms with Gasteiger partial charge in [0.05, 0.1) is 6.04 Å². The molecule has 40 heavy (non-hydrogen) atoms. The molecule has 16 heteroatoms. The van der Waals surface area contributed by atoms with Crippen LogP contribution in [0.3, 0.4) is 0 Å². The average Bonchev–Trinajstić information content (AvgIpc) is 2.87. The zero-order valence-electron chi connectivity index (χ0n) is 22.4. The van der Waals surface area contributed by atoms with E-state index >= 15 is 0 Å². The number of aromatic hydroxyl groups is 1. The van der Waals surface area contributed by atoms with Gasteiger partial charge in [0.15, 0.2) is 11.9 Å². The number of hydrogen-bond acceptors (Lipinski definition) is 8. The van der Waals surface area contributed by atoms with E-state index in [2.05, 4.69) is 25.9 Å². The molecule has 0 aromatic heterocycles. The van der Waals surface area contributed by atoms with Gasteiger partial charge in [0.2, 0.25) is 17.7 Å². The van der Waals surface area contributed by atoms with Gasteiger partial charge in [-0.25, -0.2) is 4.79 Å². The highest BCUT2D eigenvalue weighted by Crippen LogP contribution is 2.12. The van der Waals surface area contributed by atoms with Crippen LogP contribution in [0.25, 0.3) is 0 Å². The number of phenols is 1. The van der Waals surface area contributed by atoms with Crippen molar-refractivity contribution >= 4 is 35.6 Å². The van der Waals surface area contributed by atoms with Gasteiger partial charge in [-0.15, -0.1) is 0 Å². The summed E-state index contributed by atoms with van der Waals surface area (Å²) in [7, 11) is 0. The molecule has 0 radical (unpaired) electrons. The van der Waals surface area contributed by atoms with E-state index in [4.69, 9.17) is 28.7 Å². The summed E-state index contributed by atoms with van der Waals surface area (Å²) in [6.07, 6.45) is 0.653. The van der Waals surface area contributed by atoms with Crippen LogP contribution < -0.4 is 44.6 Å². The van der Waals surface area contributed by atoms with Gasteiger partial charge in [-0.05, 0) is 50.3 Å². The Kier molecular flexibility index (Phi) is 14.3. The van der Waals surface area contributed by atoms with Crippen LogP contribution in [-0.2, 0) is 25.6 Å².